The van der Waals surface area contributed by atoms with Gasteiger partial charge in [-0.05, 0) is 32.6 Å². The van der Waals surface area contributed by atoms with Crippen molar-refractivity contribution in [2.75, 3.05) is 6.54 Å². The SMILES string of the molecule is C=C(C)CN[C@@H](C)C1CCCCC1. The topological polar surface area (TPSA) is 12.0 Å². The number of hydrogen-bond acceptors (Lipinski definition) is 1. The Bertz CT molecular complexity index is 157. The summed E-state index contributed by atoms with van der Waals surface area (Å²) in [6.45, 7) is 9.30. The Hall–Kier alpha value is -0.300. The van der Waals surface area contributed by atoms with E-state index in [1.54, 1.807) is 0 Å². The van der Waals surface area contributed by atoms with Gasteiger partial charge in [-0.25, -0.2) is 0 Å². The van der Waals surface area contributed by atoms with E-state index >= 15 is 0 Å². The lowest BCUT2D eigenvalue weighted by Gasteiger charge is -2.28. The van der Waals surface area contributed by atoms with E-state index < -0.39 is 0 Å². The molecule has 1 saturated carbocycles. The van der Waals surface area contributed by atoms with E-state index in [1.165, 1.54) is 37.7 Å². The van der Waals surface area contributed by atoms with E-state index in [0.717, 1.165) is 12.5 Å². The molecule has 76 valence electrons. The highest BCUT2D eigenvalue weighted by molar-refractivity contribution is 4.92. The lowest BCUT2D eigenvalue weighted by molar-refractivity contribution is 0.286. The highest BCUT2D eigenvalue weighted by Crippen LogP contribution is 2.26. The summed E-state index contributed by atoms with van der Waals surface area (Å²) in [6.07, 6.45) is 7.16. The first-order chi connectivity index (χ1) is 6.20. The molecule has 1 nitrogen and oxygen atoms in total. The minimum Gasteiger partial charge on any atom is -0.310 e. The summed E-state index contributed by atoms with van der Waals surface area (Å²) in [7, 11) is 0. The Labute approximate surface area is 82.6 Å². The van der Waals surface area contributed by atoms with Crippen LogP contribution in [0, 0.1) is 5.92 Å². The average molecular weight is 181 g/mol. The van der Waals surface area contributed by atoms with Crippen molar-refractivity contribution < 1.29 is 0 Å². The number of hydrogen-bond donors (Lipinski definition) is 1. The Morgan fingerprint density at radius 3 is 2.54 bits per heavy atom. The van der Waals surface area contributed by atoms with Crippen LogP contribution in [0.5, 0.6) is 0 Å². The van der Waals surface area contributed by atoms with Crippen LogP contribution < -0.4 is 5.32 Å². The van der Waals surface area contributed by atoms with E-state index in [2.05, 4.69) is 25.7 Å². The van der Waals surface area contributed by atoms with Crippen LogP contribution in [0.4, 0.5) is 0 Å². The zero-order chi connectivity index (χ0) is 9.68. The van der Waals surface area contributed by atoms with Crippen molar-refractivity contribution in [1.82, 2.24) is 5.32 Å². The van der Waals surface area contributed by atoms with Gasteiger partial charge < -0.3 is 5.32 Å². The summed E-state index contributed by atoms with van der Waals surface area (Å²) in [4.78, 5) is 0. The highest BCUT2D eigenvalue weighted by atomic mass is 14.9. The fourth-order valence-corrected chi connectivity index (χ4v) is 2.14. The van der Waals surface area contributed by atoms with Crippen molar-refractivity contribution in [2.24, 2.45) is 5.92 Å². The molecular weight excluding hydrogens is 158 g/mol. The quantitative estimate of drug-likeness (QED) is 0.657. The molecule has 1 aliphatic carbocycles. The summed E-state index contributed by atoms with van der Waals surface area (Å²) in [5.74, 6) is 0.910. The zero-order valence-electron chi connectivity index (χ0n) is 9.10. The van der Waals surface area contributed by atoms with Gasteiger partial charge in [0, 0.05) is 12.6 Å². The van der Waals surface area contributed by atoms with Crippen LogP contribution in [0.15, 0.2) is 12.2 Å². The predicted octanol–water partition coefficient (Wildman–Crippen LogP) is 3.12. The van der Waals surface area contributed by atoms with Gasteiger partial charge in [-0.1, -0.05) is 31.4 Å². The third kappa shape index (κ3) is 3.95. The molecular formula is C12H23N. The Morgan fingerprint density at radius 1 is 1.38 bits per heavy atom. The van der Waals surface area contributed by atoms with Crippen LogP contribution in [-0.4, -0.2) is 12.6 Å². The molecule has 0 bridgehead atoms. The third-order valence-corrected chi connectivity index (χ3v) is 3.08. The maximum absolute atomic E-state index is 3.91. The molecule has 1 heteroatoms. The monoisotopic (exact) mass is 181 g/mol. The first-order valence-corrected chi connectivity index (χ1v) is 5.58. The van der Waals surface area contributed by atoms with Gasteiger partial charge in [0.1, 0.15) is 0 Å². The summed E-state index contributed by atoms with van der Waals surface area (Å²) in [6, 6.07) is 0.678. The van der Waals surface area contributed by atoms with Gasteiger partial charge in [0.15, 0.2) is 0 Å². The third-order valence-electron chi connectivity index (χ3n) is 3.08. The zero-order valence-corrected chi connectivity index (χ0v) is 9.10. The van der Waals surface area contributed by atoms with Crippen molar-refractivity contribution >= 4 is 0 Å². The van der Waals surface area contributed by atoms with E-state index in [4.69, 9.17) is 0 Å². The van der Waals surface area contributed by atoms with Crippen LogP contribution >= 0.6 is 0 Å². The normalized spacial score (nSPS) is 21.4. The fraction of sp³-hybridized carbons (Fsp3) is 0.833. The van der Waals surface area contributed by atoms with Crippen LogP contribution in [0.25, 0.3) is 0 Å². The van der Waals surface area contributed by atoms with Crippen molar-refractivity contribution in [2.45, 2.75) is 52.0 Å². The van der Waals surface area contributed by atoms with Gasteiger partial charge >= 0.3 is 0 Å². The minimum atomic E-state index is 0.678. The van der Waals surface area contributed by atoms with Gasteiger partial charge in [0.25, 0.3) is 0 Å². The largest absolute Gasteiger partial charge is 0.310 e. The van der Waals surface area contributed by atoms with Crippen molar-refractivity contribution in [3.05, 3.63) is 12.2 Å². The molecule has 1 N–H and O–H groups in total. The molecule has 0 radical (unpaired) electrons. The molecule has 1 rings (SSSR count). The number of nitrogens with one attached hydrogen (secondary N) is 1. The molecule has 1 aliphatic rings. The molecule has 13 heavy (non-hydrogen) atoms. The highest BCUT2D eigenvalue weighted by Gasteiger charge is 2.18. The molecule has 0 heterocycles. The molecule has 0 aromatic carbocycles. The molecule has 0 unspecified atom stereocenters. The van der Waals surface area contributed by atoms with E-state index in [1.807, 2.05) is 0 Å². The summed E-state index contributed by atoms with van der Waals surface area (Å²) in [5.41, 5.74) is 1.24. The molecule has 0 amide bonds. The Balaban J connectivity index is 2.20. The molecule has 0 aromatic heterocycles. The second kappa shape index (κ2) is 5.43. The summed E-state index contributed by atoms with van der Waals surface area (Å²) in [5, 5.41) is 3.55. The van der Waals surface area contributed by atoms with Crippen LogP contribution in [-0.2, 0) is 0 Å². The number of rotatable bonds is 4. The van der Waals surface area contributed by atoms with Crippen molar-refractivity contribution in [3.63, 3.8) is 0 Å². The molecule has 0 aromatic rings. The second-order valence-corrected chi connectivity index (χ2v) is 4.52. The molecule has 1 atom stereocenters. The second-order valence-electron chi connectivity index (χ2n) is 4.52. The lowest BCUT2D eigenvalue weighted by atomic mass is 9.84. The van der Waals surface area contributed by atoms with Gasteiger partial charge in [0.05, 0.1) is 0 Å². The van der Waals surface area contributed by atoms with Gasteiger partial charge in [-0.15, -0.1) is 0 Å². The van der Waals surface area contributed by atoms with Crippen LogP contribution in [0.3, 0.4) is 0 Å². The van der Waals surface area contributed by atoms with Crippen molar-refractivity contribution in [3.8, 4) is 0 Å². The summed E-state index contributed by atoms with van der Waals surface area (Å²) >= 11 is 0. The smallest absolute Gasteiger partial charge is 0.0161 e. The van der Waals surface area contributed by atoms with E-state index in [0.29, 0.717) is 6.04 Å². The van der Waals surface area contributed by atoms with Crippen molar-refractivity contribution in [1.29, 1.82) is 0 Å². The van der Waals surface area contributed by atoms with E-state index in [-0.39, 0.29) is 0 Å². The predicted molar refractivity (Wildman–Crippen MR) is 58.9 cm³/mol. The molecule has 1 fully saturated rings. The molecule has 0 spiro atoms. The fourth-order valence-electron chi connectivity index (χ4n) is 2.14. The summed E-state index contributed by atoms with van der Waals surface area (Å²) < 4.78 is 0. The Kier molecular flexibility index (Phi) is 4.51. The lowest BCUT2D eigenvalue weighted by Crippen LogP contribution is -2.35. The maximum atomic E-state index is 3.91. The molecule has 0 aliphatic heterocycles. The van der Waals surface area contributed by atoms with Crippen LogP contribution in [0.1, 0.15) is 46.0 Å². The minimum absolute atomic E-state index is 0.678. The van der Waals surface area contributed by atoms with E-state index in [9.17, 15) is 0 Å². The molecule has 0 saturated heterocycles. The maximum Gasteiger partial charge on any atom is 0.0161 e. The van der Waals surface area contributed by atoms with Gasteiger partial charge in [0.2, 0.25) is 0 Å². The van der Waals surface area contributed by atoms with Gasteiger partial charge in [-0.3, -0.25) is 0 Å². The average Bonchev–Trinajstić information content (AvgIpc) is 2.15. The first kappa shape index (κ1) is 10.8. The standard InChI is InChI=1S/C12H23N/c1-10(2)9-13-11(3)12-7-5-4-6-8-12/h11-13H,1,4-9H2,2-3H3/t11-/m0/s1. The first-order valence-electron chi connectivity index (χ1n) is 5.58. The van der Waals surface area contributed by atoms with Gasteiger partial charge in [-0.2, -0.15) is 0 Å². The van der Waals surface area contributed by atoms with Crippen LogP contribution in [0.2, 0.25) is 0 Å². The Morgan fingerprint density at radius 2 is 2.00 bits per heavy atom.